The van der Waals surface area contributed by atoms with Crippen LogP contribution in [0.5, 0.6) is 0 Å². The number of amides is 1. The number of thioether (sulfide) groups is 1. The van der Waals surface area contributed by atoms with Crippen molar-refractivity contribution in [1.82, 2.24) is 10.2 Å². The van der Waals surface area contributed by atoms with E-state index in [1.807, 2.05) is 66.4 Å². The van der Waals surface area contributed by atoms with Crippen LogP contribution in [0.15, 0.2) is 54.6 Å². The molecule has 0 radical (unpaired) electrons. The highest BCUT2D eigenvalue weighted by molar-refractivity contribution is 8.24. The first kappa shape index (κ1) is 24.6. The van der Waals surface area contributed by atoms with E-state index in [2.05, 4.69) is 31.0 Å². The number of hydrogen-bond donors (Lipinski definition) is 1. The van der Waals surface area contributed by atoms with Gasteiger partial charge in [0.05, 0.1) is 5.69 Å². The summed E-state index contributed by atoms with van der Waals surface area (Å²) in [6.45, 7) is 12.2. The molecule has 2 fully saturated rings. The summed E-state index contributed by atoms with van der Waals surface area (Å²) in [4.78, 5) is 19.1. The summed E-state index contributed by atoms with van der Waals surface area (Å²) >= 11 is 12.5. The number of nitrogens with zero attached hydrogens (tertiary/aromatic N) is 3. The quantitative estimate of drug-likeness (QED) is 0.609. The number of para-hydroxylation sites is 2. The number of hydrogen-bond acceptors (Lipinski definition) is 5. The number of thiocarbonyl (C=S) groups is 2. The molecule has 4 rings (SSSR count). The number of nitrogens with one attached hydrogen (secondary N) is 1. The fourth-order valence-corrected chi connectivity index (χ4v) is 5.70. The van der Waals surface area contributed by atoms with Gasteiger partial charge in [0.15, 0.2) is 5.11 Å². The Kier molecular flexibility index (Phi) is 8.64. The molecule has 2 atom stereocenters. The van der Waals surface area contributed by atoms with Crippen molar-refractivity contribution < 1.29 is 4.79 Å². The Labute approximate surface area is 206 Å². The molecule has 2 aliphatic heterocycles. The van der Waals surface area contributed by atoms with E-state index in [4.69, 9.17) is 24.4 Å². The van der Waals surface area contributed by atoms with Gasteiger partial charge in [-0.1, -0.05) is 81.1 Å². The highest BCUT2D eigenvalue weighted by atomic mass is 32.2. The Hall–Kier alpha value is -2.00. The lowest BCUT2D eigenvalue weighted by Gasteiger charge is -2.38. The van der Waals surface area contributed by atoms with E-state index < -0.39 is 0 Å². The number of carbonyl (C=O) groups excluding carboxylic acids is 1. The Morgan fingerprint density at radius 3 is 2.12 bits per heavy atom. The van der Waals surface area contributed by atoms with Gasteiger partial charge in [0.1, 0.15) is 15.7 Å². The molecule has 2 aliphatic rings. The fraction of sp³-hybridized carbons (Fsp3) is 0.375. The number of rotatable bonds is 5. The molecule has 170 valence electrons. The summed E-state index contributed by atoms with van der Waals surface area (Å²) in [5.74, 6) is -0.0385. The van der Waals surface area contributed by atoms with Crippen LogP contribution >= 0.6 is 36.2 Å². The summed E-state index contributed by atoms with van der Waals surface area (Å²) in [6, 6.07) is 17.5. The number of carbonyl (C=O) groups is 1. The van der Waals surface area contributed by atoms with Gasteiger partial charge in [-0.3, -0.25) is 9.69 Å². The molecule has 0 saturated carbocycles. The maximum absolute atomic E-state index is 13.1. The van der Waals surface area contributed by atoms with Gasteiger partial charge in [-0.25, -0.2) is 0 Å². The molecule has 0 spiro atoms. The van der Waals surface area contributed by atoms with Gasteiger partial charge < -0.3 is 15.1 Å². The van der Waals surface area contributed by atoms with Gasteiger partial charge in [0.2, 0.25) is 0 Å². The first-order valence-corrected chi connectivity index (χ1v) is 12.6. The normalized spacial score (nSPS) is 20.1. The van der Waals surface area contributed by atoms with E-state index in [1.54, 1.807) is 4.90 Å². The van der Waals surface area contributed by atoms with Crippen molar-refractivity contribution in [3.63, 3.8) is 0 Å². The molecule has 1 N–H and O–H groups in total. The maximum Gasteiger partial charge on any atom is 0.250 e. The van der Waals surface area contributed by atoms with Crippen LogP contribution in [0.2, 0.25) is 0 Å². The Morgan fingerprint density at radius 1 is 0.969 bits per heavy atom. The van der Waals surface area contributed by atoms with Gasteiger partial charge in [-0.15, -0.1) is 0 Å². The molecule has 5 nitrogen and oxygen atoms in total. The number of fused-ring (bicyclic) bond motifs is 1. The van der Waals surface area contributed by atoms with Crippen molar-refractivity contribution >= 4 is 62.9 Å². The second kappa shape index (κ2) is 11.2. The van der Waals surface area contributed by atoms with E-state index in [9.17, 15) is 4.79 Å². The maximum atomic E-state index is 13.1. The van der Waals surface area contributed by atoms with Gasteiger partial charge in [-0.2, -0.15) is 0 Å². The zero-order valence-electron chi connectivity index (χ0n) is 18.9. The summed E-state index contributed by atoms with van der Waals surface area (Å²) in [7, 11) is 0. The van der Waals surface area contributed by atoms with Crippen LogP contribution < -0.4 is 15.1 Å². The summed E-state index contributed by atoms with van der Waals surface area (Å²) in [6.07, 6.45) is -0.265. The van der Waals surface area contributed by atoms with E-state index in [-0.39, 0.29) is 17.3 Å². The van der Waals surface area contributed by atoms with Crippen LogP contribution in [0, 0.1) is 6.92 Å². The Bertz CT molecular complexity index is 959. The van der Waals surface area contributed by atoms with E-state index >= 15 is 0 Å². The van der Waals surface area contributed by atoms with Gasteiger partial charge >= 0.3 is 0 Å². The fourth-order valence-electron chi connectivity index (χ4n) is 3.80. The van der Waals surface area contributed by atoms with Crippen LogP contribution in [-0.4, -0.2) is 51.3 Å². The van der Waals surface area contributed by atoms with Crippen LogP contribution in [0.25, 0.3) is 0 Å². The minimum atomic E-state index is -0.334. The molecule has 0 bridgehead atoms. The zero-order valence-corrected chi connectivity index (χ0v) is 21.4. The average Bonchev–Trinajstić information content (AvgIpc) is 3.12. The van der Waals surface area contributed by atoms with Crippen molar-refractivity contribution in [1.29, 1.82) is 0 Å². The van der Waals surface area contributed by atoms with Gasteiger partial charge in [-0.05, 0) is 62.5 Å². The minimum absolute atomic E-state index is 0.0385. The van der Waals surface area contributed by atoms with Crippen LogP contribution in [-0.2, 0) is 4.79 Å². The van der Waals surface area contributed by atoms with Crippen LogP contribution in [0.4, 0.5) is 11.4 Å². The van der Waals surface area contributed by atoms with E-state index in [0.29, 0.717) is 9.43 Å². The standard InChI is InChI=1S/C18H15N3OS3.C6H15N/c1-11-7-5-6-10-13(11)21-15-14(25-18(21)24)16(22)20(17(23)19-15)12-8-3-2-4-9-12;1-4-7(5-2)6-3/h2-10,14-15H,1H3,(H,19,23);4-6H2,1-3H3. The second-order valence-corrected chi connectivity index (χ2v) is 9.65. The molecule has 2 aromatic carbocycles. The van der Waals surface area contributed by atoms with Crippen molar-refractivity contribution in [2.24, 2.45) is 0 Å². The first-order valence-electron chi connectivity index (χ1n) is 10.9. The molecule has 0 aliphatic carbocycles. The topological polar surface area (TPSA) is 38.8 Å². The highest BCUT2D eigenvalue weighted by Crippen LogP contribution is 2.39. The lowest BCUT2D eigenvalue weighted by molar-refractivity contribution is -0.117. The highest BCUT2D eigenvalue weighted by Gasteiger charge is 2.50. The van der Waals surface area contributed by atoms with Crippen molar-refractivity contribution in [3.05, 3.63) is 60.2 Å². The van der Waals surface area contributed by atoms with Gasteiger partial charge in [0, 0.05) is 5.69 Å². The third-order valence-corrected chi connectivity index (χ3v) is 7.56. The number of anilines is 2. The molecule has 2 saturated heterocycles. The van der Waals surface area contributed by atoms with Crippen molar-refractivity contribution in [2.45, 2.75) is 39.1 Å². The molecule has 0 aromatic heterocycles. The average molecular weight is 487 g/mol. The van der Waals surface area contributed by atoms with E-state index in [1.165, 1.54) is 31.4 Å². The number of aryl methyl sites for hydroxylation is 1. The summed E-state index contributed by atoms with van der Waals surface area (Å²) < 4.78 is 0.683. The molecule has 2 aromatic rings. The monoisotopic (exact) mass is 486 g/mol. The number of benzene rings is 2. The first-order chi connectivity index (χ1) is 15.4. The molecule has 8 heteroatoms. The Morgan fingerprint density at radius 2 is 1.56 bits per heavy atom. The molecule has 32 heavy (non-hydrogen) atoms. The molecular weight excluding hydrogens is 456 g/mol. The summed E-state index contributed by atoms with van der Waals surface area (Å²) in [5.41, 5.74) is 2.88. The third-order valence-electron chi connectivity index (χ3n) is 5.66. The molecular formula is C24H30N4OS3. The largest absolute Gasteiger partial charge is 0.340 e. The summed E-state index contributed by atoms with van der Waals surface area (Å²) in [5, 5.41) is 3.39. The smallest absolute Gasteiger partial charge is 0.250 e. The minimum Gasteiger partial charge on any atom is -0.340 e. The van der Waals surface area contributed by atoms with Crippen molar-refractivity contribution in [2.75, 3.05) is 29.4 Å². The lowest BCUT2D eigenvalue weighted by Crippen LogP contribution is -2.64. The molecule has 1 amide bonds. The second-order valence-electron chi connectivity index (χ2n) is 7.48. The third kappa shape index (κ3) is 5.14. The van der Waals surface area contributed by atoms with Crippen molar-refractivity contribution in [3.8, 4) is 0 Å². The predicted molar refractivity (Wildman–Crippen MR) is 145 cm³/mol. The van der Waals surface area contributed by atoms with Crippen LogP contribution in [0.3, 0.4) is 0 Å². The van der Waals surface area contributed by atoms with Crippen LogP contribution in [0.1, 0.15) is 26.3 Å². The van der Waals surface area contributed by atoms with E-state index in [0.717, 1.165) is 16.9 Å². The zero-order chi connectivity index (χ0) is 23.3. The molecule has 2 heterocycles. The predicted octanol–water partition coefficient (Wildman–Crippen LogP) is 4.80. The lowest BCUT2D eigenvalue weighted by atomic mass is 10.1. The SMILES string of the molecule is CCN(CC)CC.Cc1ccccc1N1C(=S)SC2C(=O)N(c3ccccc3)C(=S)NC21. The Balaban J connectivity index is 0.000000360. The molecule has 2 unspecified atom stereocenters. The van der Waals surface area contributed by atoms with Gasteiger partial charge in [0.25, 0.3) is 5.91 Å².